The van der Waals surface area contributed by atoms with Crippen LogP contribution in [0.4, 0.5) is 4.79 Å². The number of rotatable bonds is 6. The first kappa shape index (κ1) is 17.5. The summed E-state index contributed by atoms with van der Waals surface area (Å²) in [5.74, 6) is -1.11. The molecule has 3 aromatic rings. The van der Waals surface area contributed by atoms with Crippen molar-refractivity contribution in [2.45, 2.75) is 26.0 Å². The van der Waals surface area contributed by atoms with Crippen molar-refractivity contribution >= 4 is 23.0 Å². The Morgan fingerprint density at radius 1 is 1.12 bits per heavy atom. The number of carboxylic acid groups (broad SMARTS) is 1. The van der Waals surface area contributed by atoms with Gasteiger partial charge >= 0.3 is 12.1 Å². The van der Waals surface area contributed by atoms with Crippen molar-refractivity contribution in [3.05, 3.63) is 71.4 Å². The Balaban J connectivity index is 1.68. The molecule has 1 amide bonds. The molecule has 0 fully saturated rings. The van der Waals surface area contributed by atoms with Gasteiger partial charge in [0.1, 0.15) is 12.6 Å². The number of para-hydroxylation sites is 1. The van der Waals surface area contributed by atoms with E-state index in [1.54, 1.807) is 0 Å². The molecule has 0 bridgehead atoms. The number of aromatic amines is 1. The monoisotopic (exact) mass is 352 g/mol. The number of carbonyl (C=O) groups excluding carboxylic acids is 1. The van der Waals surface area contributed by atoms with Gasteiger partial charge in [0, 0.05) is 23.0 Å². The zero-order valence-electron chi connectivity index (χ0n) is 14.4. The van der Waals surface area contributed by atoms with Crippen molar-refractivity contribution in [2.24, 2.45) is 0 Å². The maximum Gasteiger partial charge on any atom is 0.408 e. The maximum absolute atomic E-state index is 12.0. The second-order valence-corrected chi connectivity index (χ2v) is 6.08. The van der Waals surface area contributed by atoms with Gasteiger partial charge in [0.25, 0.3) is 0 Å². The molecule has 0 aliphatic heterocycles. The summed E-state index contributed by atoms with van der Waals surface area (Å²) in [5.41, 5.74) is 3.53. The maximum atomic E-state index is 12.0. The lowest BCUT2D eigenvalue weighted by Crippen LogP contribution is -2.42. The molecule has 6 nitrogen and oxygen atoms in total. The smallest absolute Gasteiger partial charge is 0.408 e. The largest absolute Gasteiger partial charge is 0.480 e. The molecule has 0 unspecified atom stereocenters. The highest BCUT2D eigenvalue weighted by molar-refractivity contribution is 5.86. The van der Waals surface area contributed by atoms with Gasteiger partial charge in [0.2, 0.25) is 0 Å². The minimum absolute atomic E-state index is 0.0884. The van der Waals surface area contributed by atoms with Crippen LogP contribution in [0.15, 0.2) is 54.6 Å². The van der Waals surface area contributed by atoms with E-state index in [2.05, 4.69) is 10.3 Å². The summed E-state index contributed by atoms with van der Waals surface area (Å²) in [5, 5.41) is 12.9. The van der Waals surface area contributed by atoms with Gasteiger partial charge in [0.05, 0.1) is 0 Å². The standard InChI is InChI=1S/C20H20N2O4/c1-13-16(15-9-5-6-10-17(15)21-13)11-18(19(23)24)22-20(25)26-12-14-7-3-2-4-8-14/h2-10,18,21H,11-12H2,1H3,(H,22,25)(H,23,24)/t18-/m0/s1. The molecule has 1 atom stereocenters. The molecule has 1 aromatic heterocycles. The van der Waals surface area contributed by atoms with Gasteiger partial charge in [-0.3, -0.25) is 0 Å². The quantitative estimate of drug-likeness (QED) is 0.634. The number of ether oxygens (including phenoxy) is 1. The van der Waals surface area contributed by atoms with Crippen molar-refractivity contribution in [1.82, 2.24) is 10.3 Å². The molecule has 2 aromatic carbocycles. The molecule has 0 aliphatic carbocycles. The average Bonchev–Trinajstić information content (AvgIpc) is 2.95. The first-order chi connectivity index (χ1) is 12.5. The summed E-state index contributed by atoms with van der Waals surface area (Å²) in [7, 11) is 0. The van der Waals surface area contributed by atoms with Gasteiger partial charge in [0.15, 0.2) is 0 Å². The van der Waals surface area contributed by atoms with E-state index in [-0.39, 0.29) is 13.0 Å². The third kappa shape index (κ3) is 4.03. The summed E-state index contributed by atoms with van der Waals surface area (Å²) in [6.45, 7) is 1.98. The Kier molecular flexibility index (Phi) is 5.22. The van der Waals surface area contributed by atoms with Crippen LogP contribution in [0.2, 0.25) is 0 Å². The predicted molar refractivity (Wildman–Crippen MR) is 97.9 cm³/mol. The third-order valence-corrected chi connectivity index (χ3v) is 4.24. The molecular weight excluding hydrogens is 332 g/mol. The van der Waals surface area contributed by atoms with Gasteiger partial charge in [-0.25, -0.2) is 9.59 Å². The number of fused-ring (bicyclic) bond motifs is 1. The van der Waals surface area contributed by atoms with Gasteiger partial charge in [-0.2, -0.15) is 0 Å². The van der Waals surface area contributed by atoms with Gasteiger partial charge < -0.3 is 20.1 Å². The number of alkyl carbamates (subject to hydrolysis) is 1. The van der Waals surface area contributed by atoms with Crippen LogP contribution in [-0.2, 0) is 22.6 Å². The van der Waals surface area contributed by atoms with Crippen molar-refractivity contribution in [1.29, 1.82) is 0 Å². The number of hydrogen-bond acceptors (Lipinski definition) is 3. The molecule has 0 saturated heterocycles. The van der Waals surface area contributed by atoms with Gasteiger partial charge in [-0.15, -0.1) is 0 Å². The Morgan fingerprint density at radius 3 is 2.54 bits per heavy atom. The summed E-state index contributed by atoms with van der Waals surface area (Å²) < 4.78 is 5.12. The number of H-pyrrole nitrogens is 1. The second kappa shape index (κ2) is 7.74. The highest BCUT2D eigenvalue weighted by atomic mass is 16.5. The molecule has 1 heterocycles. The van der Waals surface area contributed by atoms with Crippen LogP contribution >= 0.6 is 0 Å². The molecule has 0 radical (unpaired) electrons. The number of carbonyl (C=O) groups is 2. The normalized spacial score (nSPS) is 11.9. The van der Waals surface area contributed by atoms with Crippen LogP contribution in [0.1, 0.15) is 16.8 Å². The van der Waals surface area contributed by atoms with Gasteiger partial charge in [-0.1, -0.05) is 48.5 Å². The lowest BCUT2D eigenvalue weighted by molar-refractivity contribution is -0.139. The van der Waals surface area contributed by atoms with Crippen LogP contribution in [-0.4, -0.2) is 28.2 Å². The minimum Gasteiger partial charge on any atom is -0.480 e. The molecule has 0 aliphatic rings. The average molecular weight is 352 g/mol. The molecule has 0 saturated carbocycles. The number of benzene rings is 2. The minimum atomic E-state index is -1.11. The molecular formula is C20H20N2O4. The van der Waals surface area contributed by atoms with E-state index in [9.17, 15) is 14.7 Å². The van der Waals surface area contributed by atoms with Crippen molar-refractivity contribution in [3.63, 3.8) is 0 Å². The van der Waals surface area contributed by atoms with Gasteiger partial charge in [-0.05, 0) is 24.1 Å². The number of aryl methyl sites for hydroxylation is 1. The highest BCUT2D eigenvalue weighted by Gasteiger charge is 2.23. The number of carboxylic acids is 1. The summed E-state index contributed by atoms with van der Waals surface area (Å²) >= 11 is 0. The molecule has 6 heteroatoms. The van der Waals surface area contributed by atoms with Crippen LogP contribution in [0, 0.1) is 6.92 Å². The number of aromatic nitrogens is 1. The van der Waals surface area contributed by atoms with Crippen LogP contribution in [0.25, 0.3) is 10.9 Å². The number of aliphatic carboxylic acids is 1. The van der Waals surface area contributed by atoms with E-state index in [0.717, 1.165) is 27.7 Å². The Hall–Kier alpha value is -3.28. The van der Waals surface area contributed by atoms with Crippen LogP contribution in [0.3, 0.4) is 0 Å². The zero-order valence-corrected chi connectivity index (χ0v) is 14.4. The predicted octanol–water partition coefficient (Wildman–Crippen LogP) is 3.40. The highest BCUT2D eigenvalue weighted by Crippen LogP contribution is 2.23. The van der Waals surface area contributed by atoms with Crippen molar-refractivity contribution < 1.29 is 19.4 Å². The van der Waals surface area contributed by atoms with E-state index in [1.807, 2.05) is 61.5 Å². The fourth-order valence-electron chi connectivity index (χ4n) is 2.91. The number of amides is 1. The van der Waals surface area contributed by atoms with Crippen LogP contribution < -0.4 is 5.32 Å². The van der Waals surface area contributed by atoms with Crippen LogP contribution in [0.5, 0.6) is 0 Å². The van der Waals surface area contributed by atoms with E-state index in [1.165, 1.54) is 0 Å². The molecule has 134 valence electrons. The topological polar surface area (TPSA) is 91.4 Å². The fraction of sp³-hybridized carbons (Fsp3) is 0.200. The Morgan fingerprint density at radius 2 is 1.81 bits per heavy atom. The van der Waals surface area contributed by atoms with Crippen molar-refractivity contribution in [3.8, 4) is 0 Å². The first-order valence-electron chi connectivity index (χ1n) is 8.31. The molecule has 26 heavy (non-hydrogen) atoms. The van der Waals surface area contributed by atoms with E-state index < -0.39 is 18.1 Å². The Labute approximate surface area is 150 Å². The van der Waals surface area contributed by atoms with E-state index >= 15 is 0 Å². The molecule has 0 spiro atoms. The number of nitrogens with one attached hydrogen (secondary N) is 2. The summed E-state index contributed by atoms with van der Waals surface area (Å²) in [6, 6.07) is 15.8. The van der Waals surface area contributed by atoms with E-state index in [0.29, 0.717) is 0 Å². The molecule has 3 N–H and O–H groups in total. The Bertz CT molecular complexity index is 918. The second-order valence-electron chi connectivity index (χ2n) is 6.08. The summed E-state index contributed by atoms with van der Waals surface area (Å²) in [6.07, 6.45) is -0.579. The molecule has 3 rings (SSSR count). The van der Waals surface area contributed by atoms with Crippen molar-refractivity contribution in [2.75, 3.05) is 0 Å². The lowest BCUT2D eigenvalue weighted by Gasteiger charge is -2.15. The third-order valence-electron chi connectivity index (χ3n) is 4.24. The zero-order chi connectivity index (χ0) is 18.5. The first-order valence-corrected chi connectivity index (χ1v) is 8.31. The lowest BCUT2D eigenvalue weighted by atomic mass is 10.0. The van der Waals surface area contributed by atoms with E-state index in [4.69, 9.17) is 4.74 Å². The number of hydrogen-bond donors (Lipinski definition) is 3. The SMILES string of the molecule is Cc1[nH]c2ccccc2c1C[C@H](NC(=O)OCc1ccccc1)C(=O)O. The summed E-state index contributed by atoms with van der Waals surface area (Å²) in [4.78, 5) is 26.8. The fourth-order valence-corrected chi connectivity index (χ4v) is 2.91.